The van der Waals surface area contributed by atoms with E-state index >= 15 is 0 Å². The van der Waals surface area contributed by atoms with Crippen LogP contribution >= 0.6 is 0 Å². The molecule has 1 saturated heterocycles. The molecule has 0 aromatic rings. The molecule has 0 amide bonds. The minimum Gasteiger partial charge on any atom is -0.465 e. The van der Waals surface area contributed by atoms with Gasteiger partial charge >= 0.3 is 5.97 Å². The molecule has 0 aromatic carbocycles. The van der Waals surface area contributed by atoms with Gasteiger partial charge in [-0.15, -0.1) is 0 Å². The fourth-order valence-corrected chi connectivity index (χ4v) is 2.40. The highest BCUT2D eigenvalue weighted by Crippen LogP contribution is 2.06. The van der Waals surface area contributed by atoms with Gasteiger partial charge in [0.25, 0.3) is 0 Å². The van der Waals surface area contributed by atoms with E-state index in [0.717, 1.165) is 18.9 Å². The third-order valence-electron chi connectivity index (χ3n) is 3.73. The Morgan fingerprint density at radius 2 is 2.25 bits per heavy atom. The van der Waals surface area contributed by atoms with Crippen molar-refractivity contribution in [3.05, 3.63) is 0 Å². The van der Waals surface area contributed by atoms with Gasteiger partial charge in [-0.1, -0.05) is 6.92 Å². The Hall–Kier alpha value is -1.41. The topological polar surface area (TPSA) is 66.9 Å². The lowest BCUT2D eigenvalue weighted by molar-refractivity contribution is -0.906. The molecular formula is C15H26N3O2+. The zero-order valence-corrected chi connectivity index (χ0v) is 12.6. The zero-order chi connectivity index (χ0) is 14.8. The summed E-state index contributed by atoms with van der Waals surface area (Å²) < 4.78 is 4.80. The van der Waals surface area contributed by atoms with E-state index in [1.54, 1.807) is 11.8 Å². The summed E-state index contributed by atoms with van der Waals surface area (Å²) in [6.07, 6.45) is 5.06. The van der Waals surface area contributed by atoms with E-state index in [2.05, 4.69) is 11.9 Å². The molecule has 0 saturated carbocycles. The van der Waals surface area contributed by atoms with Gasteiger partial charge in [0.05, 0.1) is 32.3 Å². The Kier molecular flexibility index (Phi) is 7.89. The van der Waals surface area contributed by atoms with Crippen LogP contribution in [0.3, 0.4) is 0 Å². The SMILES string of the molecule is CCOC(=O)[C@@H](C#N)C=NCCC[NH+]1CCC(C)CC1. The van der Waals surface area contributed by atoms with Crippen LogP contribution in [0.5, 0.6) is 0 Å². The third-order valence-corrected chi connectivity index (χ3v) is 3.73. The fourth-order valence-electron chi connectivity index (χ4n) is 2.40. The first-order valence-electron chi connectivity index (χ1n) is 7.57. The van der Waals surface area contributed by atoms with Crippen molar-refractivity contribution >= 4 is 12.2 Å². The van der Waals surface area contributed by atoms with Crippen LogP contribution in [0.25, 0.3) is 0 Å². The number of esters is 1. The van der Waals surface area contributed by atoms with Crippen molar-refractivity contribution < 1.29 is 14.4 Å². The fraction of sp³-hybridized carbons (Fsp3) is 0.800. The summed E-state index contributed by atoms with van der Waals surface area (Å²) in [5, 5.41) is 8.86. The van der Waals surface area contributed by atoms with Crippen LogP contribution in [0.2, 0.25) is 0 Å². The van der Waals surface area contributed by atoms with E-state index in [1.165, 1.54) is 32.1 Å². The number of carbonyl (C=O) groups is 1. The van der Waals surface area contributed by atoms with Crippen molar-refractivity contribution in [2.45, 2.75) is 33.1 Å². The smallest absolute Gasteiger partial charge is 0.328 e. The number of nitriles is 1. The van der Waals surface area contributed by atoms with Gasteiger partial charge in [-0.3, -0.25) is 9.79 Å². The normalized spacial score (nSPS) is 24.2. The maximum atomic E-state index is 11.4. The molecule has 1 aliphatic rings. The molecule has 1 rings (SSSR count). The monoisotopic (exact) mass is 280 g/mol. The van der Waals surface area contributed by atoms with Crippen molar-refractivity contribution in [2.24, 2.45) is 16.8 Å². The van der Waals surface area contributed by atoms with Crippen LogP contribution in [-0.4, -0.2) is 45.0 Å². The van der Waals surface area contributed by atoms with E-state index in [1.807, 2.05) is 6.07 Å². The van der Waals surface area contributed by atoms with E-state index < -0.39 is 11.9 Å². The van der Waals surface area contributed by atoms with Crippen LogP contribution in [-0.2, 0) is 9.53 Å². The molecule has 0 bridgehead atoms. The largest absolute Gasteiger partial charge is 0.465 e. The molecule has 1 aliphatic heterocycles. The Morgan fingerprint density at radius 1 is 1.55 bits per heavy atom. The minimum atomic E-state index is -0.863. The maximum absolute atomic E-state index is 11.4. The first-order chi connectivity index (χ1) is 9.67. The number of piperidine rings is 1. The Bertz CT molecular complexity index is 355. The number of hydrogen-bond acceptors (Lipinski definition) is 4. The molecule has 1 heterocycles. The van der Waals surface area contributed by atoms with Crippen molar-refractivity contribution in [3.63, 3.8) is 0 Å². The first-order valence-corrected chi connectivity index (χ1v) is 7.57. The van der Waals surface area contributed by atoms with Crippen molar-refractivity contribution in [1.82, 2.24) is 0 Å². The number of rotatable bonds is 7. The average molecular weight is 280 g/mol. The van der Waals surface area contributed by atoms with E-state index in [0.29, 0.717) is 13.2 Å². The summed E-state index contributed by atoms with van der Waals surface area (Å²) in [4.78, 5) is 17.2. The molecule has 0 spiro atoms. The Balaban J connectivity index is 2.17. The molecule has 0 aliphatic carbocycles. The molecule has 0 aromatic heterocycles. The Morgan fingerprint density at radius 3 is 2.85 bits per heavy atom. The zero-order valence-electron chi connectivity index (χ0n) is 12.6. The summed E-state index contributed by atoms with van der Waals surface area (Å²) in [6.45, 7) is 8.66. The van der Waals surface area contributed by atoms with Gasteiger partial charge in [0, 0.05) is 19.2 Å². The number of quaternary nitrogens is 1. The average Bonchev–Trinajstić information content (AvgIpc) is 2.45. The lowest BCUT2D eigenvalue weighted by Gasteiger charge is -2.27. The van der Waals surface area contributed by atoms with Gasteiger partial charge in [-0.2, -0.15) is 5.26 Å². The van der Waals surface area contributed by atoms with Gasteiger partial charge in [0.1, 0.15) is 0 Å². The van der Waals surface area contributed by atoms with E-state index in [9.17, 15) is 4.79 Å². The second kappa shape index (κ2) is 9.49. The lowest BCUT2D eigenvalue weighted by Crippen LogP contribution is -3.13. The lowest BCUT2D eigenvalue weighted by atomic mass is 9.99. The summed E-state index contributed by atoms with van der Waals surface area (Å²) >= 11 is 0. The van der Waals surface area contributed by atoms with Gasteiger partial charge < -0.3 is 9.64 Å². The van der Waals surface area contributed by atoms with Gasteiger partial charge in [0.2, 0.25) is 0 Å². The molecule has 1 N–H and O–H groups in total. The number of carbonyl (C=O) groups excluding carboxylic acids is 1. The van der Waals surface area contributed by atoms with Crippen LogP contribution in [0, 0.1) is 23.2 Å². The quantitative estimate of drug-likeness (QED) is 0.419. The number of ether oxygens (including phenoxy) is 1. The Labute approximate surface area is 121 Å². The number of aliphatic imine (C=N–C) groups is 1. The molecular weight excluding hydrogens is 254 g/mol. The van der Waals surface area contributed by atoms with Gasteiger partial charge in [0.15, 0.2) is 5.92 Å². The number of nitrogens with one attached hydrogen (secondary N) is 1. The minimum absolute atomic E-state index is 0.293. The molecule has 5 nitrogen and oxygen atoms in total. The van der Waals surface area contributed by atoms with E-state index in [-0.39, 0.29) is 0 Å². The highest BCUT2D eigenvalue weighted by Gasteiger charge is 2.18. The summed E-state index contributed by atoms with van der Waals surface area (Å²) in [5.74, 6) is -0.495. The molecule has 1 atom stereocenters. The molecule has 0 unspecified atom stereocenters. The highest BCUT2D eigenvalue weighted by molar-refractivity contribution is 5.92. The first kappa shape index (κ1) is 16.6. The third kappa shape index (κ3) is 6.16. The summed E-state index contributed by atoms with van der Waals surface area (Å²) in [5.41, 5.74) is 0. The molecule has 0 radical (unpaired) electrons. The number of likely N-dealkylation sites (tertiary alicyclic amines) is 1. The second-order valence-electron chi connectivity index (χ2n) is 5.45. The molecule has 1 fully saturated rings. The maximum Gasteiger partial charge on any atom is 0.328 e. The molecule has 20 heavy (non-hydrogen) atoms. The summed E-state index contributed by atoms with van der Waals surface area (Å²) in [6, 6.07) is 1.90. The number of nitrogens with zero attached hydrogens (tertiary/aromatic N) is 2. The number of hydrogen-bond donors (Lipinski definition) is 1. The van der Waals surface area contributed by atoms with Crippen LogP contribution in [0.15, 0.2) is 4.99 Å². The molecule has 5 heteroatoms. The predicted octanol–water partition coefficient (Wildman–Crippen LogP) is 0.465. The van der Waals surface area contributed by atoms with Crippen LogP contribution in [0.4, 0.5) is 0 Å². The van der Waals surface area contributed by atoms with Crippen LogP contribution in [0.1, 0.15) is 33.1 Å². The molecule has 112 valence electrons. The second-order valence-corrected chi connectivity index (χ2v) is 5.45. The predicted molar refractivity (Wildman–Crippen MR) is 77.7 cm³/mol. The van der Waals surface area contributed by atoms with Gasteiger partial charge in [-0.05, 0) is 25.7 Å². The standard InChI is InChI=1S/C15H25N3O2/c1-3-20-15(19)14(11-16)12-17-7-4-8-18-9-5-13(2)6-10-18/h12-14H,3-10H2,1-2H3/p+1/t14-/m0/s1. The van der Waals surface area contributed by atoms with E-state index in [4.69, 9.17) is 10.00 Å². The highest BCUT2D eigenvalue weighted by atomic mass is 16.5. The summed E-state index contributed by atoms with van der Waals surface area (Å²) in [7, 11) is 0. The van der Waals surface area contributed by atoms with Crippen molar-refractivity contribution in [2.75, 3.05) is 32.8 Å². The van der Waals surface area contributed by atoms with Crippen molar-refractivity contribution in [3.8, 4) is 6.07 Å². The van der Waals surface area contributed by atoms with Crippen LogP contribution < -0.4 is 4.90 Å². The van der Waals surface area contributed by atoms with Crippen molar-refractivity contribution in [1.29, 1.82) is 5.26 Å². The van der Waals surface area contributed by atoms with Gasteiger partial charge in [-0.25, -0.2) is 0 Å².